The molecule has 0 aromatic heterocycles. The molecular weight excluding hydrogens is 670 g/mol. The number of piperidine rings is 1. The molecule has 0 spiro atoms. The van der Waals surface area contributed by atoms with E-state index < -0.39 is 0 Å². The topological polar surface area (TPSA) is 27.8 Å². The van der Waals surface area contributed by atoms with Crippen LogP contribution in [0.15, 0.2) is 39.8 Å². The van der Waals surface area contributed by atoms with E-state index in [0.29, 0.717) is 10.1 Å². The van der Waals surface area contributed by atoms with Crippen LogP contribution < -0.4 is 30.1 Å². The van der Waals surface area contributed by atoms with Crippen LogP contribution >= 0.6 is 43.6 Å². The zero-order valence-corrected chi connectivity index (χ0v) is 25.3. The Labute approximate surface area is 243 Å². The maximum absolute atomic E-state index is 4.09. The number of alkyl halides is 1. The minimum absolute atomic E-state index is 0. The van der Waals surface area contributed by atoms with Gasteiger partial charge in [0.25, 0.3) is 0 Å². The van der Waals surface area contributed by atoms with Gasteiger partial charge < -0.3 is 35.1 Å². The molecule has 6 unspecified atom stereocenters. The monoisotopic (exact) mass is 690 g/mol. The van der Waals surface area contributed by atoms with E-state index in [2.05, 4.69) is 97.1 Å². The van der Waals surface area contributed by atoms with Crippen molar-refractivity contribution in [2.24, 2.45) is 23.7 Å². The van der Waals surface area contributed by atoms with Crippen molar-refractivity contribution >= 4 is 54.4 Å². The summed E-state index contributed by atoms with van der Waals surface area (Å²) in [4.78, 5) is 5.29. The number of aromatic amines is 1. The van der Waals surface area contributed by atoms with Crippen molar-refractivity contribution < 1.29 is 51.0 Å². The molecule has 6 atom stereocenters. The molecule has 0 bridgehead atoms. The molecule has 6 rings (SSSR count). The maximum Gasteiger partial charge on any atom is 4.00 e. The number of fused-ring (bicyclic) bond motifs is 6. The van der Waals surface area contributed by atoms with Gasteiger partial charge in [-0.25, -0.2) is 0 Å². The Kier molecular flexibility index (Phi) is 9.78. The first-order valence-corrected chi connectivity index (χ1v) is 13.3. The molecule has 0 radical (unpaired) electrons. The maximum atomic E-state index is 4.09. The first kappa shape index (κ1) is 27.6. The summed E-state index contributed by atoms with van der Waals surface area (Å²) in [5, 5.41) is 6.76. The van der Waals surface area contributed by atoms with Gasteiger partial charge >= 0.3 is 26.2 Å². The molecule has 1 aromatic rings. The fourth-order valence-corrected chi connectivity index (χ4v) is 9.02. The summed E-state index contributed by atoms with van der Waals surface area (Å²) < 4.78 is 1.13. The summed E-state index contributed by atoms with van der Waals surface area (Å²) in [5.74, 6) is 3.33. The molecule has 2 N–H and O–H groups in total. The van der Waals surface area contributed by atoms with Gasteiger partial charge in [-0.2, -0.15) is 0 Å². The van der Waals surface area contributed by atoms with Crippen LogP contribution in [0.1, 0.15) is 25.7 Å². The molecule has 168 valence electrons. The van der Waals surface area contributed by atoms with Gasteiger partial charge in [-0.1, -0.05) is 108 Å². The average molecular weight is 694 g/mol. The van der Waals surface area contributed by atoms with Crippen molar-refractivity contribution in [2.45, 2.75) is 40.7 Å². The predicted molar refractivity (Wildman–Crippen MR) is 129 cm³/mol. The molecule has 8 heteroatoms. The second-order valence-electron chi connectivity index (χ2n) is 8.93. The number of nitrogens with one attached hydrogen (secondary N) is 2. The first-order chi connectivity index (χ1) is 14.2. The van der Waals surface area contributed by atoms with Crippen molar-refractivity contribution in [1.29, 1.82) is 0 Å². The number of hydrogen-bond donors (Lipinski definition) is 2. The minimum Gasteiger partial charge on any atom is -1.00 e. The van der Waals surface area contributed by atoms with Gasteiger partial charge in [0.1, 0.15) is 0 Å². The van der Waals surface area contributed by atoms with Crippen LogP contribution in [0.5, 0.6) is 0 Å². The zero-order valence-electron chi connectivity index (χ0n) is 17.4. The molecule has 3 fully saturated rings. The van der Waals surface area contributed by atoms with E-state index in [4.69, 9.17) is 0 Å². The van der Waals surface area contributed by atoms with Crippen LogP contribution in [0.25, 0.3) is 21.9 Å². The van der Waals surface area contributed by atoms with Gasteiger partial charge in [0, 0.05) is 14.5 Å². The van der Waals surface area contributed by atoms with Crippen LogP contribution in [0, 0.1) is 36.4 Å². The summed E-state index contributed by atoms with van der Waals surface area (Å²) >= 11 is 9.80. The smallest absolute Gasteiger partial charge is 1.00 e. The Morgan fingerprint density at radius 2 is 1.94 bits per heavy atom. The Hall–Kier alpha value is 0.973. The SMILES string of the molecule is Brc1ccc2c3[c-][nH]cc(SC4C(Br)CCC5C6[CH-]NCCC6CC54)c-3cc2c1.[Cl-].[Cl-].[Zr+4]. The van der Waals surface area contributed by atoms with Gasteiger partial charge in [-0.15, -0.1) is 23.2 Å². The number of benzene rings is 1. The fraction of sp³-hybridized carbons (Fsp3) is 0.458. The standard InChI is InChI=1S/C24H24Br2N2S.2ClH.Zr/c25-15-1-2-16-14(7-15)9-18-21(16)11-28-12-23(18)29-24-19-8-13-5-6-27-10-20(13)17(19)3-4-22(24)26;;;/h1-2,7,9-10,12-13,17,19-20,22,24,27-28H,3-6,8H2;2*1H;/q-2;;;+4/p-2. The number of aromatic nitrogens is 1. The summed E-state index contributed by atoms with van der Waals surface area (Å²) in [7, 11) is 0. The average Bonchev–Trinajstić information content (AvgIpc) is 3.28. The Morgan fingerprint density at radius 1 is 1.09 bits per heavy atom. The van der Waals surface area contributed by atoms with Crippen molar-refractivity contribution in [3.63, 3.8) is 0 Å². The molecule has 2 nitrogen and oxygen atoms in total. The molecule has 32 heavy (non-hydrogen) atoms. The quantitative estimate of drug-likeness (QED) is 0.309. The van der Waals surface area contributed by atoms with E-state index in [9.17, 15) is 0 Å². The molecule has 3 aliphatic carbocycles. The van der Waals surface area contributed by atoms with Crippen LogP contribution in [0.4, 0.5) is 0 Å². The molecule has 5 aliphatic rings. The summed E-state index contributed by atoms with van der Waals surface area (Å²) in [6.07, 6.45) is 11.0. The zero-order chi connectivity index (χ0) is 19.5. The van der Waals surface area contributed by atoms with E-state index >= 15 is 0 Å². The number of thioether (sulfide) groups is 1. The minimum atomic E-state index is 0. The second kappa shape index (κ2) is 11.4. The first-order valence-electron chi connectivity index (χ1n) is 10.7. The normalized spacial score (nSPS) is 31.2. The van der Waals surface area contributed by atoms with Crippen molar-refractivity contribution in [3.8, 4) is 11.1 Å². The third-order valence-electron chi connectivity index (χ3n) is 7.47. The summed E-state index contributed by atoms with van der Waals surface area (Å²) in [6, 6.07) is 8.89. The van der Waals surface area contributed by atoms with Gasteiger partial charge in [0.2, 0.25) is 0 Å². The molecular formula is C24H24Br2Cl2N2SZr. The van der Waals surface area contributed by atoms with Crippen LogP contribution in [0.3, 0.4) is 0 Å². The van der Waals surface area contributed by atoms with E-state index in [1.54, 1.807) is 0 Å². The number of H-pyrrole nitrogens is 1. The molecule has 1 aromatic carbocycles. The van der Waals surface area contributed by atoms with Crippen molar-refractivity contribution in [3.05, 3.63) is 47.7 Å². The van der Waals surface area contributed by atoms with E-state index in [1.165, 1.54) is 52.5 Å². The van der Waals surface area contributed by atoms with E-state index in [0.717, 1.165) is 34.7 Å². The largest absolute Gasteiger partial charge is 4.00 e. The van der Waals surface area contributed by atoms with Crippen LogP contribution in [-0.4, -0.2) is 21.6 Å². The van der Waals surface area contributed by atoms with Gasteiger partial charge in [0.15, 0.2) is 0 Å². The third-order valence-corrected chi connectivity index (χ3v) is 10.9. The molecule has 2 aliphatic heterocycles. The van der Waals surface area contributed by atoms with Crippen molar-refractivity contribution in [2.75, 3.05) is 6.54 Å². The number of hydrogen-bond acceptors (Lipinski definition) is 2. The van der Waals surface area contributed by atoms with E-state index in [-0.39, 0.29) is 51.0 Å². The molecule has 2 saturated carbocycles. The molecule has 0 amide bonds. The molecule has 1 saturated heterocycles. The van der Waals surface area contributed by atoms with E-state index in [1.807, 2.05) is 0 Å². The Morgan fingerprint density at radius 3 is 2.78 bits per heavy atom. The summed E-state index contributed by atoms with van der Waals surface area (Å²) in [5.41, 5.74) is 2.56. The van der Waals surface area contributed by atoms with Gasteiger partial charge in [0.05, 0.1) is 0 Å². The predicted octanol–water partition coefficient (Wildman–Crippen LogP) is 0.882. The van der Waals surface area contributed by atoms with Crippen LogP contribution in [0.2, 0.25) is 0 Å². The molecule has 2 heterocycles. The van der Waals surface area contributed by atoms with Gasteiger partial charge in [-0.3, -0.25) is 6.54 Å². The number of halogens is 4. The third kappa shape index (κ3) is 4.82. The fourth-order valence-electron chi connectivity index (χ4n) is 6.18. The van der Waals surface area contributed by atoms with Gasteiger partial charge in [-0.05, 0) is 31.7 Å². The second-order valence-corrected chi connectivity index (χ2v) is 12.2. The number of rotatable bonds is 2. The summed E-state index contributed by atoms with van der Waals surface area (Å²) in [6.45, 7) is 3.61. The number of pyridine rings is 1. The Balaban J connectivity index is 0.000000963. The Bertz CT molecular complexity index is 1030. The van der Waals surface area contributed by atoms with Crippen molar-refractivity contribution in [1.82, 2.24) is 10.3 Å². The van der Waals surface area contributed by atoms with Crippen LogP contribution in [-0.2, 0) is 26.2 Å².